The van der Waals surface area contributed by atoms with Gasteiger partial charge in [-0.25, -0.2) is 4.68 Å². The summed E-state index contributed by atoms with van der Waals surface area (Å²) in [6.45, 7) is 4.88. The minimum atomic E-state index is -1.28. The predicted octanol–water partition coefficient (Wildman–Crippen LogP) is -2.04. The van der Waals surface area contributed by atoms with Gasteiger partial charge in [0, 0.05) is 0 Å². The Morgan fingerprint density at radius 1 is 1.56 bits per heavy atom. The Morgan fingerprint density at radius 2 is 2.31 bits per heavy atom. The number of hydrogen-bond acceptors (Lipinski definition) is 4. The highest BCUT2D eigenvalue weighted by Crippen LogP contribution is 1.89. The number of hydrogen-bond donors (Lipinski definition) is 1. The average molecular weight is 226 g/mol. The van der Waals surface area contributed by atoms with E-state index < -0.39 is 5.97 Å². The van der Waals surface area contributed by atoms with Gasteiger partial charge < -0.3 is 14.8 Å². The van der Waals surface area contributed by atoms with Crippen LogP contribution >= 0.6 is 0 Å². The summed E-state index contributed by atoms with van der Waals surface area (Å²) >= 11 is 0. The molecule has 1 aromatic heterocycles. The summed E-state index contributed by atoms with van der Waals surface area (Å²) in [5, 5.41) is 17.7. The van der Waals surface area contributed by atoms with Crippen LogP contribution in [0.15, 0.2) is 6.20 Å². The molecule has 0 bridgehead atoms. The number of carboxylic acids is 1. The second-order valence-electron chi connectivity index (χ2n) is 3.96. The molecular weight excluding hydrogens is 208 g/mol. The maximum Gasteiger partial charge on any atom is 0.128 e. The number of carboxylic acid groups (broad SMARTS) is 1. The highest BCUT2D eigenvalue weighted by molar-refractivity contribution is 5.82. The second-order valence-corrected chi connectivity index (χ2v) is 3.96. The monoisotopic (exact) mass is 226 g/mol. The molecule has 0 amide bonds. The molecule has 0 aromatic carbocycles. The molecule has 0 saturated carbocycles. The van der Waals surface area contributed by atoms with Gasteiger partial charge in [-0.1, -0.05) is 18.6 Å². The van der Waals surface area contributed by atoms with E-state index in [2.05, 4.69) is 24.3 Å². The van der Waals surface area contributed by atoms with Crippen LogP contribution in [0.5, 0.6) is 0 Å². The van der Waals surface area contributed by atoms with Crippen molar-refractivity contribution in [2.45, 2.75) is 26.3 Å². The molecule has 1 rings (SSSR count). The fourth-order valence-corrected chi connectivity index (χ4v) is 1.41. The van der Waals surface area contributed by atoms with Crippen LogP contribution in [0.1, 0.15) is 30.3 Å². The first-order valence-corrected chi connectivity index (χ1v) is 5.56. The van der Waals surface area contributed by atoms with Crippen molar-refractivity contribution >= 4 is 5.97 Å². The van der Waals surface area contributed by atoms with Crippen molar-refractivity contribution in [1.82, 2.24) is 15.0 Å². The lowest BCUT2D eigenvalue weighted by Gasteiger charge is -2.12. The summed E-state index contributed by atoms with van der Waals surface area (Å²) in [7, 11) is 2.12. The molecule has 0 radical (unpaired) electrons. The van der Waals surface area contributed by atoms with Crippen LogP contribution in [0.25, 0.3) is 0 Å². The number of likely N-dealkylation sites (N-methyl/N-ethyl adjacent to an activating group) is 1. The van der Waals surface area contributed by atoms with Gasteiger partial charge in [-0.3, -0.25) is 0 Å². The molecule has 6 heteroatoms. The van der Waals surface area contributed by atoms with E-state index in [4.69, 9.17) is 0 Å². The summed E-state index contributed by atoms with van der Waals surface area (Å²) in [6.07, 6.45) is 3.80. The van der Waals surface area contributed by atoms with E-state index in [-0.39, 0.29) is 5.69 Å². The van der Waals surface area contributed by atoms with E-state index in [1.54, 1.807) is 4.68 Å². The molecule has 1 atom stereocenters. The van der Waals surface area contributed by atoms with Crippen LogP contribution in [0.4, 0.5) is 0 Å². The summed E-state index contributed by atoms with van der Waals surface area (Å²) in [6, 6.07) is 0. The maximum atomic E-state index is 10.5. The van der Waals surface area contributed by atoms with Crippen molar-refractivity contribution in [1.29, 1.82) is 0 Å². The summed E-state index contributed by atoms with van der Waals surface area (Å²) in [5.41, 5.74) is -0.105. The largest absolute Gasteiger partial charge is 0.543 e. The fourth-order valence-electron chi connectivity index (χ4n) is 1.41. The van der Waals surface area contributed by atoms with Crippen molar-refractivity contribution in [3.63, 3.8) is 0 Å². The average Bonchev–Trinajstić information content (AvgIpc) is 2.72. The molecular formula is C10H18N4O2. The Morgan fingerprint density at radius 3 is 2.88 bits per heavy atom. The minimum absolute atomic E-state index is 0.105. The quantitative estimate of drug-likeness (QED) is 0.581. The van der Waals surface area contributed by atoms with Crippen LogP contribution in [-0.4, -0.2) is 41.1 Å². The lowest BCUT2D eigenvalue weighted by molar-refractivity contribution is -0.880. The number of nitrogens with zero attached hydrogens (tertiary/aromatic N) is 3. The number of quaternary nitrogens is 1. The Kier molecular flexibility index (Phi) is 4.91. The molecule has 1 N–H and O–H groups in total. The normalized spacial score (nSPS) is 12.6. The summed E-state index contributed by atoms with van der Waals surface area (Å²) < 4.78 is 1.54. The zero-order chi connectivity index (χ0) is 12.0. The molecule has 1 unspecified atom stereocenters. The summed E-state index contributed by atoms with van der Waals surface area (Å²) in [4.78, 5) is 11.9. The lowest BCUT2D eigenvalue weighted by Crippen LogP contribution is -3.09. The molecule has 0 aliphatic heterocycles. The van der Waals surface area contributed by atoms with Gasteiger partial charge in [0.2, 0.25) is 0 Å². The van der Waals surface area contributed by atoms with Crippen LogP contribution in [0, 0.1) is 0 Å². The van der Waals surface area contributed by atoms with Crippen molar-refractivity contribution in [2.75, 3.05) is 20.1 Å². The van der Waals surface area contributed by atoms with Gasteiger partial charge in [0.15, 0.2) is 0 Å². The predicted molar refractivity (Wildman–Crippen MR) is 55.9 cm³/mol. The van der Waals surface area contributed by atoms with Crippen molar-refractivity contribution in [3.05, 3.63) is 11.9 Å². The van der Waals surface area contributed by atoms with E-state index in [1.165, 1.54) is 23.9 Å². The molecule has 90 valence electrons. The van der Waals surface area contributed by atoms with Crippen LogP contribution in [0.3, 0.4) is 0 Å². The van der Waals surface area contributed by atoms with Crippen LogP contribution in [0.2, 0.25) is 0 Å². The molecule has 0 spiro atoms. The first-order chi connectivity index (χ1) is 7.63. The number of carbonyl (C=O) groups is 1. The highest BCUT2D eigenvalue weighted by Gasteiger charge is 2.04. The zero-order valence-corrected chi connectivity index (χ0v) is 9.77. The Bertz CT molecular complexity index is 337. The van der Waals surface area contributed by atoms with Crippen LogP contribution < -0.4 is 10.0 Å². The Balaban J connectivity index is 2.33. The molecule has 1 aromatic rings. The number of rotatable bonds is 7. The van der Waals surface area contributed by atoms with E-state index in [1.807, 2.05) is 0 Å². The molecule has 0 saturated heterocycles. The second kappa shape index (κ2) is 6.22. The molecule has 0 aliphatic carbocycles. The van der Waals surface area contributed by atoms with Gasteiger partial charge >= 0.3 is 0 Å². The zero-order valence-electron chi connectivity index (χ0n) is 9.77. The smallest absolute Gasteiger partial charge is 0.128 e. The third-order valence-electron chi connectivity index (χ3n) is 2.47. The number of unbranched alkanes of at least 4 members (excludes halogenated alkanes) is 1. The molecule has 1 heterocycles. The molecule has 6 nitrogen and oxygen atoms in total. The highest BCUT2D eigenvalue weighted by atomic mass is 16.4. The SMILES string of the molecule is CCCC[NH+](C)CCn1cc(C(=O)[O-])nn1. The maximum absolute atomic E-state index is 10.5. The number of nitrogens with one attached hydrogen (secondary N) is 1. The van der Waals surface area contributed by atoms with Gasteiger partial charge in [-0.05, 0) is 6.42 Å². The van der Waals surface area contributed by atoms with Gasteiger partial charge in [0.05, 0.1) is 38.8 Å². The summed E-state index contributed by atoms with van der Waals surface area (Å²) in [5.74, 6) is -1.28. The van der Waals surface area contributed by atoms with Gasteiger partial charge in [-0.2, -0.15) is 0 Å². The molecule has 0 aliphatic rings. The lowest BCUT2D eigenvalue weighted by atomic mass is 10.3. The van der Waals surface area contributed by atoms with E-state index >= 15 is 0 Å². The van der Waals surface area contributed by atoms with Gasteiger partial charge in [0.1, 0.15) is 5.69 Å². The third kappa shape index (κ3) is 3.98. The first-order valence-electron chi connectivity index (χ1n) is 5.56. The van der Waals surface area contributed by atoms with Crippen LogP contribution in [-0.2, 0) is 6.54 Å². The fraction of sp³-hybridized carbons (Fsp3) is 0.700. The van der Waals surface area contributed by atoms with Crippen molar-refractivity contribution in [2.24, 2.45) is 0 Å². The van der Waals surface area contributed by atoms with Crippen molar-refractivity contribution in [3.8, 4) is 0 Å². The Hall–Kier alpha value is -1.43. The number of aromatic nitrogens is 3. The standard InChI is InChI=1S/C10H18N4O2/c1-3-4-5-13(2)6-7-14-8-9(10(15)16)11-12-14/h8H,3-7H2,1-2H3,(H,15,16). The van der Waals surface area contributed by atoms with Gasteiger partial charge in [-0.15, -0.1) is 5.10 Å². The molecule has 16 heavy (non-hydrogen) atoms. The van der Waals surface area contributed by atoms with E-state index in [9.17, 15) is 9.90 Å². The van der Waals surface area contributed by atoms with E-state index in [0.29, 0.717) is 6.54 Å². The first kappa shape index (κ1) is 12.6. The van der Waals surface area contributed by atoms with Gasteiger partial charge in [0.25, 0.3) is 0 Å². The number of aromatic carboxylic acids is 1. The molecule has 0 fully saturated rings. The topological polar surface area (TPSA) is 75.3 Å². The third-order valence-corrected chi connectivity index (χ3v) is 2.47. The number of carbonyl (C=O) groups excluding carboxylic acids is 1. The van der Waals surface area contributed by atoms with E-state index in [0.717, 1.165) is 13.1 Å². The van der Waals surface area contributed by atoms with Crippen molar-refractivity contribution < 1.29 is 14.8 Å². The minimum Gasteiger partial charge on any atom is -0.543 e. The Labute approximate surface area is 94.9 Å².